The van der Waals surface area contributed by atoms with Gasteiger partial charge in [-0.1, -0.05) is 0 Å². The standard InChI is InChI=1S/C24H27F3N8O2/c1-15-13-36-11-9-33(15)19-12-17(16-5-7-28-31-16)30-22-21(32-34(23(19)22)14-24(25,26)27)18-6-8-29-35(18)20-4-2-3-10-37-20/h5-8,12,15,20H,2-4,9-11,13-14H2,1H3,(H,28,31)/t15-,20?/m1/s1. The molecule has 10 nitrogen and oxygen atoms in total. The molecule has 0 aliphatic carbocycles. The Morgan fingerprint density at radius 3 is 2.78 bits per heavy atom. The van der Waals surface area contributed by atoms with Crippen LogP contribution >= 0.6 is 0 Å². The largest absolute Gasteiger partial charge is 0.408 e. The minimum Gasteiger partial charge on any atom is -0.377 e. The molecule has 2 atom stereocenters. The highest BCUT2D eigenvalue weighted by Crippen LogP contribution is 2.39. The molecule has 0 aromatic carbocycles. The monoisotopic (exact) mass is 516 g/mol. The zero-order valence-electron chi connectivity index (χ0n) is 20.3. The third kappa shape index (κ3) is 4.57. The van der Waals surface area contributed by atoms with E-state index in [0.717, 1.165) is 23.9 Å². The van der Waals surface area contributed by atoms with E-state index >= 15 is 0 Å². The fourth-order valence-electron chi connectivity index (χ4n) is 5.11. The van der Waals surface area contributed by atoms with E-state index in [1.54, 1.807) is 35.3 Å². The molecule has 4 aromatic rings. The molecule has 0 bridgehead atoms. The first-order valence-corrected chi connectivity index (χ1v) is 12.4. The predicted molar refractivity (Wildman–Crippen MR) is 129 cm³/mol. The van der Waals surface area contributed by atoms with Gasteiger partial charge in [0.25, 0.3) is 0 Å². The molecule has 2 saturated heterocycles. The normalized spacial score (nSPS) is 21.1. The summed E-state index contributed by atoms with van der Waals surface area (Å²) >= 11 is 0. The van der Waals surface area contributed by atoms with E-state index in [-0.39, 0.29) is 12.3 Å². The summed E-state index contributed by atoms with van der Waals surface area (Å²) in [5.74, 6) is 0. The lowest BCUT2D eigenvalue weighted by Gasteiger charge is -2.35. The van der Waals surface area contributed by atoms with Crippen LogP contribution < -0.4 is 4.90 Å². The van der Waals surface area contributed by atoms with E-state index in [0.29, 0.717) is 65.9 Å². The van der Waals surface area contributed by atoms with Gasteiger partial charge in [-0.05, 0) is 44.4 Å². The Morgan fingerprint density at radius 1 is 1.16 bits per heavy atom. The van der Waals surface area contributed by atoms with Crippen LogP contribution in [0.25, 0.3) is 33.8 Å². The third-order valence-corrected chi connectivity index (χ3v) is 6.80. The van der Waals surface area contributed by atoms with Crippen LogP contribution in [0.15, 0.2) is 30.6 Å². The maximum Gasteiger partial charge on any atom is 0.408 e. The molecule has 2 fully saturated rings. The van der Waals surface area contributed by atoms with Gasteiger partial charge in [-0.3, -0.25) is 9.78 Å². The second kappa shape index (κ2) is 9.45. The number of nitrogens with zero attached hydrogens (tertiary/aromatic N) is 7. The molecule has 196 valence electrons. The molecule has 0 spiro atoms. The molecule has 6 rings (SSSR count). The van der Waals surface area contributed by atoms with Crippen molar-refractivity contribution in [1.29, 1.82) is 0 Å². The summed E-state index contributed by atoms with van der Waals surface area (Å²) in [6.45, 7) is 2.82. The molecular formula is C24H27F3N8O2. The van der Waals surface area contributed by atoms with Gasteiger partial charge in [0, 0.05) is 31.6 Å². The van der Waals surface area contributed by atoms with Crippen molar-refractivity contribution in [2.75, 3.05) is 31.3 Å². The molecule has 0 saturated carbocycles. The first-order valence-electron chi connectivity index (χ1n) is 12.4. The molecule has 6 heterocycles. The summed E-state index contributed by atoms with van der Waals surface area (Å²) in [6.07, 6.45) is 1.16. The first kappa shape index (κ1) is 23.9. The number of aromatic amines is 1. The van der Waals surface area contributed by atoms with E-state index in [2.05, 4.69) is 25.3 Å². The minimum absolute atomic E-state index is 0.0483. The highest BCUT2D eigenvalue weighted by molar-refractivity contribution is 5.99. The fourth-order valence-corrected chi connectivity index (χ4v) is 5.11. The SMILES string of the molecule is C[C@@H]1COCCN1c1cc(-c2ccn[nH]2)nc2c(-c3ccnn3C3CCCCO3)nn(CC(F)(F)F)c12. The topological polar surface area (TPSA) is 98.9 Å². The number of fused-ring (bicyclic) bond motifs is 1. The van der Waals surface area contributed by atoms with Gasteiger partial charge in [0.1, 0.15) is 23.3 Å². The highest BCUT2D eigenvalue weighted by Gasteiger charge is 2.34. The van der Waals surface area contributed by atoms with Gasteiger partial charge in [-0.2, -0.15) is 28.5 Å². The van der Waals surface area contributed by atoms with Crippen LogP contribution in [-0.4, -0.2) is 73.3 Å². The smallest absolute Gasteiger partial charge is 0.377 e. The van der Waals surface area contributed by atoms with Crippen LogP contribution in [0.1, 0.15) is 32.4 Å². The van der Waals surface area contributed by atoms with Crippen LogP contribution in [-0.2, 0) is 16.0 Å². The molecule has 2 aliphatic rings. The fraction of sp³-hybridized carbons (Fsp3) is 0.500. The van der Waals surface area contributed by atoms with E-state index in [9.17, 15) is 13.2 Å². The highest BCUT2D eigenvalue weighted by atomic mass is 19.4. The average Bonchev–Trinajstić information content (AvgIpc) is 3.64. The molecule has 13 heteroatoms. The van der Waals surface area contributed by atoms with Gasteiger partial charge in [-0.25, -0.2) is 9.67 Å². The summed E-state index contributed by atoms with van der Waals surface area (Å²) in [7, 11) is 0. The van der Waals surface area contributed by atoms with E-state index in [1.165, 1.54) is 0 Å². The number of anilines is 1. The van der Waals surface area contributed by atoms with Crippen molar-refractivity contribution in [2.45, 2.75) is 51.2 Å². The third-order valence-electron chi connectivity index (χ3n) is 6.80. The molecule has 0 radical (unpaired) electrons. The first-order chi connectivity index (χ1) is 17.9. The number of morpholine rings is 1. The molecule has 2 aliphatic heterocycles. The Kier molecular flexibility index (Phi) is 6.11. The maximum absolute atomic E-state index is 13.8. The van der Waals surface area contributed by atoms with Crippen molar-refractivity contribution < 1.29 is 22.6 Å². The quantitative estimate of drug-likeness (QED) is 0.425. The van der Waals surface area contributed by atoms with Crippen LogP contribution in [0.5, 0.6) is 0 Å². The zero-order valence-corrected chi connectivity index (χ0v) is 20.3. The molecule has 37 heavy (non-hydrogen) atoms. The van der Waals surface area contributed by atoms with Crippen LogP contribution in [0.3, 0.4) is 0 Å². The van der Waals surface area contributed by atoms with Gasteiger partial charge in [0.2, 0.25) is 0 Å². The van der Waals surface area contributed by atoms with Crippen molar-refractivity contribution in [3.63, 3.8) is 0 Å². The molecule has 1 N–H and O–H groups in total. The lowest BCUT2D eigenvalue weighted by molar-refractivity contribution is -0.141. The van der Waals surface area contributed by atoms with Crippen molar-refractivity contribution in [2.24, 2.45) is 0 Å². The number of hydrogen-bond acceptors (Lipinski definition) is 7. The Labute approximate surface area is 210 Å². The lowest BCUT2D eigenvalue weighted by atomic mass is 10.1. The predicted octanol–water partition coefficient (Wildman–Crippen LogP) is 4.17. The number of alkyl halides is 3. The second-order valence-electron chi connectivity index (χ2n) is 9.42. The van der Waals surface area contributed by atoms with Crippen LogP contribution in [0.2, 0.25) is 0 Å². The van der Waals surface area contributed by atoms with Crippen molar-refractivity contribution in [3.8, 4) is 22.8 Å². The number of pyridine rings is 1. The molecular weight excluding hydrogens is 489 g/mol. The Hall–Kier alpha value is -3.45. The van der Waals surface area contributed by atoms with Gasteiger partial charge in [0.15, 0.2) is 6.23 Å². The Morgan fingerprint density at radius 2 is 2.05 bits per heavy atom. The van der Waals surface area contributed by atoms with Gasteiger partial charge < -0.3 is 14.4 Å². The number of hydrogen-bond donors (Lipinski definition) is 1. The second-order valence-corrected chi connectivity index (χ2v) is 9.42. The number of rotatable bonds is 5. The average molecular weight is 517 g/mol. The number of ether oxygens (including phenoxy) is 2. The minimum atomic E-state index is -4.47. The number of halogens is 3. The van der Waals surface area contributed by atoms with E-state index in [1.807, 2.05) is 6.92 Å². The lowest BCUT2D eigenvalue weighted by Crippen LogP contribution is -2.44. The van der Waals surface area contributed by atoms with Crippen LogP contribution in [0.4, 0.5) is 18.9 Å². The van der Waals surface area contributed by atoms with Crippen LogP contribution in [0, 0.1) is 0 Å². The Balaban J connectivity index is 1.60. The van der Waals surface area contributed by atoms with Crippen molar-refractivity contribution >= 4 is 16.7 Å². The maximum atomic E-state index is 13.8. The number of nitrogens with one attached hydrogen (secondary N) is 1. The molecule has 0 amide bonds. The Bertz CT molecular complexity index is 1370. The van der Waals surface area contributed by atoms with Crippen molar-refractivity contribution in [1.82, 2.24) is 34.7 Å². The van der Waals surface area contributed by atoms with Gasteiger partial charge in [-0.15, -0.1) is 0 Å². The summed E-state index contributed by atoms with van der Waals surface area (Å²) in [5.41, 5.74) is 3.41. The number of H-pyrrole nitrogens is 1. The van der Waals surface area contributed by atoms with Gasteiger partial charge in [0.05, 0.1) is 36.0 Å². The van der Waals surface area contributed by atoms with Gasteiger partial charge >= 0.3 is 6.18 Å². The number of aromatic nitrogens is 7. The summed E-state index contributed by atoms with van der Waals surface area (Å²) in [4.78, 5) is 6.89. The zero-order chi connectivity index (χ0) is 25.6. The summed E-state index contributed by atoms with van der Waals surface area (Å²) in [6, 6.07) is 5.28. The van der Waals surface area contributed by atoms with Crippen molar-refractivity contribution in [3.05, 3.63) is 30.6 Å². The molecule has 1 unspecified atom stereocenters. The molecule has 4 aromatic heterocycles. The van der Waals surface area contributed by atoms with E-state index in [4.69, 9.17) is 14.5 Å². The van der Waals surface area contributed by atoms with E-state index < -0.39 is 12.7 Å². The summed E-state index contributed by atoms with van der Waals surface area (Å²) in [5, 5.41) is 15.9. The summed E-state index contributed by atoms with van der Waals surface area (Å²) < 4.78 is 55.6.